The van der Waals surface area contributed by atoms with E-state index in [1.165, 1.54) is 0 Å². The van der Waals surface area contributed by atoms with Crippen molar-refractivity contribution in [2.24, 2.45) is 5.73 Å². The lowest BCUT2D eigenvalue weighted by Crippen LogP contribution is -2.50. The summed E-state index contributed by atoms with van der Waals surface area (Å²) in [7, 11) is -2.59. The minimum absolute atomic E-state index is 0. The van der Waals surface area contributed by atoms with E-state index < -0.39 is 8.80 Å². The highest BCUT2D eigenvalue weighted by Gasteiger charge is 2.43. The van der Waals surface area contributed by atoms with Gasteiger partial charge in [0.05, 0.1) is 0 Å². The van der Waals surface area contributed by atoms with Crippen LogP contribution in [0, 0.1) is 0 Å². The number of halogens is 1. The van der Waals surface area contributed by atoms with Crippen molar-refractivity contribution in [3.05, 3.63) is 0 Å². The first kappa shape index (κ1) is 20.7. The zero-order valence-corrected chi connectivity index (χ0v) is 14.4. The summed E-state index contributed by atoms with van der Waals surface area (Å²) in [6, 6.07) is 0.790. The molecule has 0 spiro atoms. The molecule has 0 bridgehead atoms. The van der Waals surface area contributed by atoms with Gasteiger partial charge in [0.1, 0.15) is 0 Å². The third-order valence-corrected chi connectivity index (χ3v) is 5.39. The molecule has 18 heavy (non-hydrogen) atoms. The molecule has 0 unspecified atom stereocenters. The van der Waals surface area contributed by atoms with E-state index in [-0.39, 0.29) is 30.7 Å². The van der Waals surface area contributed by atoms with Crippen molar-refractivity contribution >= 4 is 21.2 Å². The van der Waals surface area contributed by atoms with Gasteiger partial charge in [0.15, 0.2) is 0 Å². The average molecular weight is 300 g/mol. The lowest BCUT2D eigenvalue weighted by molar-refractivity contribution is 0.00301. The molecule has 0 aliphatic carbocycles. The van der Waals surface area contributed by atoms with Gasteiger partial charge in [-0.15, -0.1) is 12.4 Å². The van der Waals surface area contributed by atoms with Gasteiger partial charge in [-0.2, -0.15) is 0 Å². The maximum absolute atomic E-state index is 6.00. The second-order valence-electron chi connectivity index (χ2n) is 5.08. The van der Waals surface area contributed by atoms with Crippen LogP contribution in [0.4, 0.5) is 0 Å². The van der Waals surface area contributed by atoms with Crippen molar-refractivity contribution in [3.8, 4) is 0 Å². The topological polar surface area (TPSA) is 53.7 Å². The van der Waals surface area contributed by atoms with Gasteiger partial charge in [0.2, 0.25) is 0 Å². The molecular weight excluding hydrogens is 270 g/mol. The summed E-state index contributed by atoms with van der Waals surface area (Å²) in [5, 5.41) is 0. The van der Waals surface area contributed by atoms with Crippen LogP contribution < -0.4 is 5.73 Å². The Balaban J connectivity index is 0. The molecule has 0 aliphatic heterocycles. The molecule has 0 fully saturated rings. The van der Waals surface area contributed by atoms with E-state index in [1.807, 2.05) is 41.5 Å². The SMILES string of the molecule is CC(C)O[Si](CCCN)(OC(C)C)OC(C)C.Cl. The summed E-state index contributed by atoms with van der Waals surface area (Å²) >= 11 is 0. The molecule has 2 N–H and O–H groups in total. The first-order valence-corrected chi connectivity index (χ1v) is 8.48. The Bertz CT molecular complexity index is 177. The zero-order chi connectivity index (χ0) is 13.5. The van der Waals surface area contributed by atoms with Crippen molar-refractivity contribution in [1.82, 2.24) is 0 Å². The smallest absolute Gasteiger partial charge is 0.371 e. The lowest BCUT2D eigenvalue weighted by Gasteiger charge is -2.34. The van der Waals surface area contributed by atoms with Crippen molar-refractivity contribution < 1.29 is 13.3 Å². The third kappa shape index (κ3) is 9.30. The van der Waals surface area contributed by atoms with Crippen molar-refractivity contribution in [1.29, 1.82) is 0 Å². The number of rotatable bonds is 9. The van der Waals surface area contributed by atoms with Crippen LogP contribution in [0.5, 0.6) is 0 Å². The molecule has 0 heterocycles. The summed E-state index contributed by atoms with van der Waals surface area (Å²) < 4.78 is 18.0. The van der Waals surface area contributed by atoms with Gasteiger partial charge in [-0.25, -0.2) is 0 Å². The standard InChI is InChI=1S/C12H29NO3Si.ClH/c1-10(2)14-17(9-7-8-13,15-11(3)4)16-12(5)6;/h10-12H,7-9,13H2,1-6H3;1H. The Morgan fingerprint density at radius 2 is 1.17 bits per heavy atom. The summed E-state index contributed by atoms with van der Waals surface area (Å²) in [6.45, 7) is 12.7. The normalized spacial score (nSPS) is 12.3. The fraction of sp³-hybridized carbons (Fsp3) is 1.00. The van der Waals surface area contributed by atoms with E-state index in [0.717, 1.165) is 12.5 Å². The second kappa shape index (κ2) is 10.2. The molecule has 0 radical (unpaired) electrons. The molecule has 0 aliphatic rings. The van der Waals surface area contributed by atoms with Crippen LogP contribution in [0.2, 0.25) is 6.04 Å². The first-order valence-electron chi connectivity index (χ1n) is 6.55. The van der Waals surface area contributed by atoms with Crippen molar-refractivity contribution in [2.75, 3.05) is 6.54 Å². The van der Waals surface area contributed by atoms with Crippen LogP contribution in [-0.2, 0) is 13.3 Å². The predicted molar refractivity (Wildman–Crippen MR) is 80.1 cm³/mol. The van der Waals surface area contributed by atoms with Gasteiger partial charge in [0.25, 0.3) is 0 Å². The molecule has 0 aromatic heterocycles. The quantitative estimate of drug-likeness (QED) is 0.665. The van der Waals surface area contributed by atoms with E-state index in [0.29, 0.717) is 6.54 Å². The van der Waals surface area contributed by atoms with Gasteiger partial charge >= 0.3 is 8.80 Å². The number of hydrogen-bond acceptors (Lipinski definition) is 4. The molecule has 0 saturated heterocycles. The van der Waals surface area contributed by atoms with Gasteiger partial charge < -0.3 is 19.0 Å². The monoisotopic (exact) mass is 299 g/mol. The Morgan fingerprint density at radius 3 is 1.39 bits per heavy atom. The van der Waals surface area contributed by atoms with Crippen LogP contribution in [-0.4, -0.2) is 33.7 Å². The van der Waals surface area contributed by atoms with E-state index in [2.05, 4.69) is 0 Å². The molecule has 4 nitrogen and oxygen atoms in total. The van der Waals surface area contributed by atoms with Crippen molar-refractivity contribution in [3.63, 3.8) is 0 Å². The Kier molecular flexibility index (Phi) is 11.7. The van der Waals surface area contributed by atoms with Crippen LogP contribution in [0.25, 0.3) is 0 Å². The van der Waals surface area contributed by atoms with Gasteiger partial charge in [-0.3, -0.25) is 0 Å². The zero-order valence-electron chi connectivity index (χ0n) is 12.6. The third-order valence-electron chi connectivity index (χ3n) is 1.93. The van der Waals surface area contributed by atoms with E-state index >= 15 is 0 Å². The molecular formula is C12H30ClNO3Si. The highest BCUT2D eigenvalue weighted by molar-refractivity contribution is 6.60. The lowest BCUT2D eigenvalue weighted by atomic mass is 10.5. The molecule has 0 aromatic carbocycles. The van der Waals surface area contributed by atoms with E-state index in [4.69, 9.17) is 19.0 Å². The van der Waals surface area contributed by atoms with Crippen LogP contribution >= 0.6 is 12.4 Å². The molecule has 0 saturated carbocycles. The minimum atomic E-state index is -2.59. The highest BCUT2D eigenvalue weighted by atomic mass is 35.5. The van der Waals surface area contributed by atoms with E-state index in [1.54, 1.807) is 0 Å². The number of nitrogens with two attached hydrogens (primary N) is 1. The fourth-order valence-electron chi connectivity index (χ4n) is 1.66. The summed E-state index contributed by atoms with van der Waals surface area (Å²) in [4.78, 5) is 0. The van der Waals surface area contributed by atoms with E-state index in [9.17, 15) is 0 Å². The molecule has 6 heteroatoms. The summed E-state index contributed by atoms with van der Waals surface area (Å²) in [6.07, 6.45) is 1.20. The Morgan fingerprint density at radius 1 is 0.833 bits per heavy atom. The minimum Gasteiger partial charge on any atom is -0.371 e. The molecule has 0 aromatic rings. The van der Waals surface area contributed by atoms with Crippen LogP contribution in [0.15, 0.2) is 0 Å². The van der Waals surface area contributed by atoms with Crippen molar-refractivity contribution in [2.45, 2.75) is 72.3 Å². The molecule has 112 valence electrons. The summed E-state index contributed by atoms with van der Waals surface area (Å²) in [5.74, 6) is 0. The molecule has 0 amide bonds. The van der Waals surface area contributed by atoms with Gasteiger partial charge in [-0.1, -0.05) is 0 Å². The van der Waals surface area contributed by atoms with Gasteiger partial charge in [0, 0.05) is 24.4 Å². The molecule has 0 atom stereocenters. The van der Waals surface area contributed by atoms with Gasteiger partial charge in [-0.05, 0) is 54.5 Å². The largest absolute Gasteiger partial charge is 0.501 e. The first-order chi connectivity index (χ1) is 7.81. The summed E-state index contributed by atoms with van der Waals surface area (Å²) in [5.41, 5.74) is 5.58. The Hall–Kier alpha value is 0.347. The maximum atomic E-state index is 6.00. The highest BCUT2D eigenvalue weighted by Crippen LogP contribution is 2.23. The van der Waals surface area contributed by atoms with Crippen LogP contribution in [0.3, 0.4) is 0 Å². The number of hydrogen-bond donors (Lipinski definition) is 1. The average Bonchev–Trinajstić information content (AvgIpc) is 2.11. The predicted octanol–water partition coefficient (Wildman–Crippen LogP) is 2.97. The second-order valence-corrected chi connectivity index (χ2v) is 7.65. The maximum Gasteiger partial charge on any atom is 0.501 e. The fourth-order valence-corrected chi connectivity index (χ4v) is 4.97. The molecule has 0 rings (SSSR count). The van der Waals surface area contributed by atoms with Crippen LogP contribution in [0.1, 0.15) is 48.0 Å². The Labute approximate surface area is 119 Å².